The van der Waals surface area contributed by atoms with Crippen molar-refractivity contribution in [1.82, 2.24) is 5.01 Å². The number of halogens is 3. The molecule has 0 fully saturated rings. The molecule has 1 aliphatic rings. The molecular formula is C21H20F3N3O3. The zero-order valence-corrected chi connectivity index (χ0v) is 16.0. The van der Waals surface area contributed by atoms with Gasteiger partial charge in [-0.1, -0.05) is 30.3 Å². The van der Waals surface area contributed by atoms with Gasteiger partial charge in [-0.15, -0.1) is 0 Å². The van der Waals surface area contributed by atoms with Crippen LogP contribution in [0.5, 0.6) is 5.75 Å². The largest absolute Gasteiger partial charge is 0.484 e. The molecule has 158 valence electrons. The molecule has 3 rings (SSSR count). The number of benzene rings is 2. The van der Waals surface area contributed by atoms with Crippen LogP contribution in [0.4, 0.5) is 18.9 Å². The Balaban J connectivity index is 1.44. The van der Waals surface area contributed by atoms with Gasteiger partial charge in [0.15, 0.2) is 6.61 Å². The van der Waals surface area contributed by atoms with Crippen molar-refractivity contribution in [3.63, 3.8) is 0 Å². The molecule has 2 aromatic rings. The number of carbonyl (C=O) groups is 2. The Morgan fingerprint density at radius 3 is 2.40 bits per heavy atom. The molecule has 1 heterocycles. The van der Waals surface area contributed by atoms with Crippen LogP contribution in [-0.2, 0) is 9.59 Å². The van der Waals surface area contributed by atoms with Gasteiger partial charge < -0.3 is 10.1 Å². The summed E-state index contributed by atoms with van der Waals surface area (Å²) < 4.78 is 41.0. The van der Waals surface area contributed by atoms with Crippen LogP contribution in [0.2, 0.25) is 0 Å². The van der Waals surface area contributed by atoms with Crippen LogP contribution in [0.1, 0.15) is 24.8 Å². The van der Waals surface area contributed by atoms with E-state index in [4.69, 9.17) is 0 Å². The van der Waals surface area contributed by atoms with Crippen molar-refractivity contribution in [2.24, 2.45) is 5.10 Å². The monoisotopic (exact) mass is 419 g/mol. The molecule has 1 aliphatic heterocycles. The first-order valence-corrected chi connectivity index (χ1v) is 9.33. The summed E-state index contributed by atoms with van der Waals surface area (Å²) in [6.07, 6.45) is -3.78. The molecule has 0 unspecified atom stereocenters. The molecule has 0 spiro atoms. The predicted molar refractivity (Wildman–Crippen MR) is 105 cm³/mol. The van der Waals surface area contributed by atoms with Crippen LogP contribution in [0.15, 0.2) is 59.7 Å². The third-order valence-electron chi connectivity index (χ3n) is 4.30. The lowest BCUT2D eigenvalue weighted by Crippen LogP contribution is -2.25. The minimum Gasteiger partial charge on any atom is -0.484 e. The molecule has 1 N–H and O–H groups in total. The Morgan fingerprint density at radius 1 is 1.03 bits per heavy atom. The number of carbonyl (C=O) groups excluding carboxylic acids is 2. The van der Waals surface area contributed by atoms with Crippen LogP contribution < -0.4 is 10.1 Å². The number of nitrogens with one attached hydrogen (secondary N) is 1. The summed E-state index contributed by atoms with van der Waals surface area (Å²) in [5, 5.41) is 8.32. The molecule has 0 saturated carbocycles. The van der Waals surface area contributed by atoms with Crippen molar-refractivity contribution < 1.29 is 27.5 Å². The van der Waals surface area contributed by atoms with E-state index in [1.165, 1.54) is 29.3 Å². The van der Waals surface area contributed by atoms with Gasteiger partial charge in [-0.05, 0) is 29.8 Å². The van der Waals surface area contributed by atoms with Crippen molar-refractivity contribution in [3.05, 3.63) is 60.2 Å². The molecule has 0 aliphatic carbocycles. The van der Waals surface area contributed by atoms with Crippen LogP contribution in [0.25, 0.3) is 0 Å². The van der Waals surface area contributed by atoms with Crippen molar-refractivity contribution >= 4 is 23.2 Å². The highest BCUT2D eigenvalue weighted by Gasteiger charge is 2.28. The SMILES string of the molecule is O=C(CCC(=O)N1CCC(c2ccccc2)=N1)Nc1ccc(OCC(F)(F)F)cc1. The third-order valence-corrected chi connectivity index (χ3v) is 4.30. The zero-order valence-electron chi connectivity index (χ0n) is 16.0. The first-order valence-electron chi connectivity index (χ1n) is 9.33. The van der Waals surface area contributed by atoms with Gasteiger partial charge >= 0.3 is 6.18 Å². The Morgan fingerprint density at radius 2 is 1.73 bits per heavy atom. The lowest BCUT2D eigenvalue weighted by Gasteiger charge is -2.12. The molecule has 0 radical (unpaired) electrons. The second kappa shape index (κ2) is 9.43. The van der Waals surface area contributed by atoms with Gasteiger partial charge in [0.05, 0.1) is 12.3 Å². The van der Waals surface area contributed by atoms with E-state index in [1.807, 2.05) is 30.3 Å². The highest BCUT2D eigenvalue weighted by molar-refractivity contribution is 6.02. The van der Waals surface area contributed by atoms with Gasteiger partial charge in [0.2, 0.25) is 11.8 Å². The average Bonchev–Trinajstić information content (AvgIpc) is 3.22. The van der Waals surface area contributed by atoms with Gasteiger partial charge in [-0.25, -0.2) is 5.01 Å². The van der Waals surface area contributed by atoms with E-state index in [1.54, 1.807) is 0 Å². The van der Waals surface area contributed by atoms with Crippen molar-refractivity contribution in [2.45, 2.75) is 25.4 Å². The van der Waals surface area contributed by atoms with E-state index in [0.717, 1.165) is 11.3 Å². The van der Waals surface area contributed by atoms with Gasteiger partial charge in [0.1, 0.15) is 5.75 Å². The summed E-state index contributed by atoms with van der Waals surface area (Å²) in [6, 6.07) is 15.1. The van der Waals surface area contributed by atoms with E-state index in [-0.39, 0.29) is 30.4 Å². The number of hydrogen-bond acceptors (Lipinski definition) is 4. The van der Waals surface area contributed by atoms with Crippen molar-refractivity contribution in [1.29, 1.82) is 0 Å². The number of nitrogens with zero attached hydrogens (tertiary/aromatic N) is 2. The number of alkyl halides is 3. The summed E-state index contributed by atoms with van der Waals surface area (Å²) >= 11 is 0. The molecular weight excluding hydrogens is 399 g/mol. The summed E-state index contributed by atoms with van der Waals surface area (Å²) in [4.78, 5) is 24.4. The second-order valence-electron chi connectivity index (χ2n) is 6.66. The number of hydrogen-bond donors (Lipinski definition) is 1. The smallest absolute Gasteiger partial charge is 0.422 e. The molecule has 0 bridgehead atoms. The summed E-state index contributed by atoms with van der Waals surface area (Å²) in [7, 11) is 0. The number of rotatable bonds is 7. The minimum atomic E-state index is -4.42. The minimum absolute atomic E-state index is 0.00415. The number of hydrazone groups is 1. The number of anilines is 1. The standard InChI is InChI=1S/C21H20F3N3O3/c22-21(23,24)14-30-17-8-6-16(7-9-17)25-19(28)10-11-20(29)27-13-12-18(26-27)15-4-2-1-3-5-15/h1-9H,10-14H2,(H,25,28). The summed E-state index contributed by atoms with van der Waals surface area (Å²) in [5.41, 5.74) is 2.20. The lowest BCUT2D eigenvalue weighted by atomic mass is 10.1. The fourth-order valence-corrected chi connectivity index (χ4v) is 2.84. The fraction of sp³-hybridized carbons (Fsp3) is 0.286. The normalized spacial score (nSPS) is 13.7. The Hall–Kier alpha value is -3.36. The van der Waals surface area contributed by atoms with Crippen LogP contribution in [0, 0.1) is 0 Å². The van der Waals surface area contributed by atoms with Gasteiger partial charge in [0.25, 0.3) is 0 Å². The molecule has 9 heteroatoms. The Labute approximate surface area is 171 Å². The van der Waals surface area contributed by atoms with Crippen LogP contribution >= 0.6 is 0 Å². The highest BCUT2D eigenvalue weighted by Crippen LogP contribution is 2.20. The molecule has 0 saturated heterocycles. The second-order valence-corrected chi connectivity index (χ2v) is 6.66. The van der Waals surface area contributed by atoms with Gasteiger partial charge in [-0.3, -0.25) is 9.59 Å². The quantitative estimate of drug-likeness (QED) is 0.738. The molecule has 30 heavy (non-hydrogen) atoms. The van der Waals surface area contributed by atoms with E-state index < -0.39 is 12.8 Å². The molecule has 6 nitrogen and oxygen atoms in total. The lowest BCUT2D eigenvalue weighted by molar-refractivity contribution is -0.153. The Bertz CT molecular complexity index is 913. The first-order chi connectivity index (χ1) is 14.3. The summed E-state index contributed by atoms with van der Waals surface area (Å²) in [6.45, 7) is -0.907. The molecule has 2 amide bonds. The van der Waals surface area contributed by atoms with Crippen LogP contribution in [-0.4, -0.2) is 41.9 Å². The molecule has 0 aromatic heterocycles. The average molecular weight is 419 g/mol. The maximum absolute atomic E-state index is 12.3. The van der Waals surface area contributed by atoms with Crippen molar-refractivity contribution in [3.8, 4) is 5.75 Å². The highest BCUT2D eigenvalue weighted by atomic mass is 19.4. The van der Waals surface area contributed by atoms with E-state index in [2.05, 4.69) is 15.2 Å². The number of ether oxygens (including phenoxy) is 1. The third kappa shape index (κ3) is 6.33. The Kier molecular flexibility index (Phi) is 6.71. The predicted octanol–water partition coefficient (Wildman–Crippen LogP) is 3.98. The van der Waals surface area contributed by atoms with E-state index in [0.29, 0.717) is 18.7 Å². The van der Waals surface area contributed by atoms with Crippen LogP contribution in [0.3, 0.4) is 0 Å². The summed E-state index contributed by atoms with van der Waals surface area (Å²) in [5.74, 6) is -0.577. The van der Waals surface area contributed by atoms with E-state index >= 15 is 0 Å². The van der Waals surface area contributed by atoms with E-state index in [9.17, 15) is 22.8 Å². The van der Waals surface area contributed by atoms with Gasteiger partial charge in [-0.2, -0.15) is 18.3 Å². The first kappa shape index (κ1) is 21.4. The topological polar surface area (TPSA) is 71.0 Å². The zero-order chi connectivity index (χ0) is 21.6. The van der Waals surface area contributed by atoms with Gasteiger partial charge in [0, 0.05) is 24.9 Å². The number of amides is 2. The molecule has 2 aromatic carbocycles. The fourth-order valence-electron chi connectivity index (χ4n) is 2.84. The maximum Gasteiger partial charge on any atom is 0.422 e. The van der Waals surface area contributed by atoms with Crippen molar-refractivity contribution in [2.75, 3.05) is 18.5 Å². The maximum atomic E-state index is 12.3. The molecule has 0 atom stereocenters.